The van der Waals surface area contributed by atoms with E-state index in [1.807, 2.05) is 6.07 Å². The summed E-state index contributed by atoms with van der Waals surface area (Å²) in [6, 6.07) is 5.40. The van der Waals surface area contributed by atoms with Crippen molar-refractivity contribution in [1.29, 1.82) is 0 Å². The molecule has 1 heterocycles. The van der Waals surface area contributed by atoms with Crippen LogP contribution in [-0.4, -0.2) is 22.8 Å². The summed E-state index contributed by atoms with van der Waals surface area (Å²) in [4.78, 5) is 26.1. The Morgan fingerprint density at radius 2 is 1.67 bits per heavy atom. The van der Waals surface area contributed by atoms with Gasteiger partial charge in [-0.15, -0.1) is 0 Å². The lowest BCUT2D eigenvalue weighted by molar-refractivity contribution is 0.0549. The second kappa shape index (κ2) is 4.50. The van der Waals surface area contributed by atoms with Gasteiger partial charge in [0, 0.05) is 10.5 Å². The van der Waals surface area contributed by atoms with Gasteiger partial charge in [0.05, 0.1) is 11.1 Å². The summed E-state index contributed by atoms with van der Waals surface area (Å²) < 4.78 is 0.841. The number of rotatable bonds is 1. The van der Waals surface area contributed by atoms with E-state index in [4.69, 9.17) is 0 Å². The predicted octanol–water partition coefficient (Wildman–Crippen LogP) is 3.38. The molecule has 0 aromatic heterocycles. The first-order valence-corrected chi connectivity index (χ1v) is 7.15. The summed E-state index contributed by atoms with van der Waals surface area (Å²) >= 11 is 3.35. The van der Waals surface area contributed by atoms with Crippen LogP contribution in [0.5, 0.6) is 0 Å². The Kier molecular flexibility index (Phi) is 2.98. The molecule has 1 aliphatic carbocycles. The number of fused-ring (bicyclic) bond motifs is 1. The predicted molar refractivity (Wildman–Crippen MR) is 71.5 cm³/mol. The maximum absolute atomic E-state index is 12.3. The normalized spacial score (nSPS) is 20.4. The summed E-state index contributed by atoms with van der Waals surface area (Å²) in [6.07, 6.45) is 5.34. The van der Waals surface area contributed by atoms with Crippen molar-refractivity contribution in [2.24, 2.45) is 0 Å². The Bertz CT molecular complexity index is 521. The van der Waals surface area contributed by atoms with Gasteiger partial charge in [0.25, 0.3) is 11.8 Å². The van der Waals surface area contributed by atoms with Crippen LogP contribution in [0.25, 0.3) is 0 Å². The zero-order valence-corrected chi connectivity index (χ0v) is 11.6. The molecule has 0 atom stereocenters. The monoisotopic (exact) mass is 307 g/mol. The number of amides is 2. The molecular weight excluding hydrogens is 294 g/mol. The van der Waals surface area contributed by atoms with Crippen molar-refractivity contribution in [3.63, 3.8) is 0 Å². The number of carbonyl (C=O) groups excluding carboxylic acids is 2. The second-order valence-corrected chi connectivity index (χ2v) is 5.88. The maximum Gasteiger partial charge on any atom is 0.261 e. The standard InChI is InChI=1S/C14H14BrNO2/c15-9-6-7-11-12(8-9)14(18)16(13(11)17)10-4-2-1-3-5-10/h6-8,10H,1-5H2. The molecule has 3 rings (SSSR count). The highest BCUT2D eigenvalue weighted by Crippen LogP contribution is 2.32. The van der Waals surface area contributed by atoms with Crippen LogP contribution >= 0.6 is 15.9 Å². The molecule has 1 fully saturated rings. The lowest BCUT2D eigenvalue weighted by atomic mass is 9.94. The van der Waals surface area contributed by atoms with Gasteiger partial charge in [-0.25, -0.2) is 0 Å². The lowest BCUT2D eigenvalue weighted by Gasteiger charge is -2.29. The third-order valence-electron chi connectivity index (χ3n) is 3.82. The average Bonchev–Trinajstić information content (AvgIpc) is 2.63. The molecule has 0 spiro atoms. The van der Waals surface area contributed by atoms with E-state index in [0.29, 0.717) is 11.1 Å². The van der Waals surface area contributed by atoms with Crippen molar-refractivity contribution in [2.75, 3.05) is 0 Å². The van der Waals surface area contributed by atoms with Crippen molar-refractivity contribution >= 4 is 27.7 Å². The summed E-state index contributed by atoms with van der Waals surface area (Å²) in [5.74, 6) is -0.238. The van der Waals surface area contributed by atoms with Crippen LogP contribution in [-0.2, 0) is 0 Å². The van der Waals surface area contributed by atoms with Crippen LogP contribution in [0.4, 0.5) is 0 Å². The Balaban J connectivity index is 1.96. The average molecular weight is 308 g/mol. The van der Waals surface area contributed by atoms with E-state index >= 15 is 0 Å². The summed E-state index contributed by atoms with van der Waals surface area (Å²) in [7, 11) is 0. The molecule has 1 aromatic rings. The zero-order valence-electron chi connectivity index (χ0n) is 9.99. The largest absolute Gasteiger partial charge is 0.271 e. The number of carbonyl (C=O) groups is 2. The third-order valence-corrected chi connectivity index (χ3v) is 4.31. The molecule has 1 aromatic carbocycles. The highest BCUT2D eigenvalue weighted by molar-refractivity contribution is 9.10. The van der Waals surface area contributed by atoms with Crippen molar-refractivity contribution in [1.82, 2.24) is 4.90 Å². The van der Waals surface area contributed by atoms with E-state index in [9.17, 15) is 9.59 Å². The number of halogens is 1. The van der Waals surface area contributed by atoms with Crippen LogP contribution in [0.2, 0.25) is 0 Å². The molecule has 0 saturated heterocycles. The minimum absolute atomic E-state index is 0.102. The molecule has 1 saturated carbocycles. The fourth-order valence-corrected chi connectivity index (χ4v) is 3.26. The molecule has 0 unspecified atom stereocenters. The van der Waals surface area contributed by atoms with Gasteiger partial charge >= 0.3 is 0 Å². The molecule has 1 aliphatic heterocycles. The Hall–Kier alpha value is -1.16. The van der Waals surface area contributed by atoms with Crippen molar-refractivity contribution in [3.8, 4) is 0 Å². The van der Waals surface area contributed by atoms with E-state index in [1.165, 1.54) is 11.3 Å². The Morgan fingerprint density at radius 1 is 1.00 bits per heavy atom. The molecule has 4 heteroatoms. The minimum Gasteiger partial charge on any atom is -0.271 e. The molecule has 94 valence electrons. The zero-order chi connectivity index (χ0) is 12.7. The number of imide groups is 1. The number of benzene rings is 1. The summed E-state index contributed by atoms with van der Waals surface area (Å²) in [5, 5.41) is 0. The van der Waals surface area contributed by atoms with Gasteiger partial charge in [-0.1, -0.05) is 35.2 Å². The highest BCUT2D eigenvalue weighted by Gasteiger charge is 2.40. The molecule has 3 nitrogen and oxygen atoms in total. The summed E-state index contributed by atoms with van der Waals surface area (Å²) in [6.45, 7) is 0. The van der Waals surface area contributed by atoms with Crippen molar-refractivity contribution in [2.45, 2.75) is 38.1 Å². The molecular formula is C14H14BrNO2. The third kappa shape index (κ3) is 1.79. The molecule has 2 aliphatic rings. The van der Waals surface area contributed by atoms with Gasteiger partial charge in [-0.3, -0.25) is 14.5 Å². The first-order chi connectivity index (χ1) is 8.68. The van der Waals surface area contributed by atoms with Gasteiger partial charge in [0.1, 0.15) is 0 Å². The Morgan fingerprint density at radius 3 is 2.39 bits per heavy atom. The van der Waals surface area contributed by atoms with Gasteiger partial charge in [-0.2, -0.15) is 0 Å². The quantitative estimate of drug-likeness (QED) is 0.746. The molecule has 18 heavy (non-hydrogen) atoms. The number of nitrogens with zero attached hydrogens (tertiary/aromatic N) is 1. The molecule has 2 amide bonds. The van der Waals surface area contributed by atoms with Crippen LogP contribution in [0, 0.1) is 0 Å². The van der Waals surface area contributed by atoms with E-state index in [2.05, 4.69) is 15.9 Å². The van der Waals surface area contributed by atoms with Crippen molar-refractivity contribution < 1.29 is 9.59 Å². The first-order valence-electron chi connectivity index (χ1n) is 6.36. The van der Waals surface area contributed by atoms with Gasteiger partial charge < -0.3 is 0 Å². The smallest absolute Gasteiger partial charge is 0.261 e. The second-order valence-electron chi connectivity index (χ2n) is 4.96. The highest BCUT2D eigenvalue weighted by atomic mass is 79.9. The summed E-state index contributed by atoms with van der Waals surface area (Å²) in [5.41, 5.74) is 1.09. The molecule has 0 N–H and O–H groups in total. The lowest BCUT2D eigenvalue weighted by Crippen LogP contribution is -2.40. The number of hydrogen-bond acceptors (Lipinski definition) is 2. The number of hydrogen-bond donors (Lipinski definition) is 0. The minimum atomic E-state index is -0.122. The first kappa shape index (κ1) is 11.9. The van der Waals surface area contributed by atoms with Crippen LogP contribution in [0.1, 0.15) is 52.8 Å². The van der Waals surface area contributed by atoms with Crippen LogP contribution < -0.4 is 0 Å². The van der Waals surface area contributed by atoms with Crippen LogP contribution in [0.15, 0.2) is 22.7 Å². The van der Waals surface area contributed by atoms with E-state index < -0.39 is 0 Å². The molecule has 0 bridgehead atoms. The van der Waals surface area contributed by atoms with Crippen molar-refractivity contribution in [3.05, 3.63) is 33.8 Å². The fourth-order valence-electron chi connectivity index (χ4n) is 2.90. The van der Waals surface area contributed by atoms with E-state index in [0.717, 1.165) is 30.2 Å². The molecule has 0 radical (unpaired) electrons. The maximum atomic E-state index is 12.3. The van der Waals surface area contributed by atoms with Gasteiger partial charge in [0.15, 0.2) is 0 Å². The van der Waals surface area contributed by atoms with Crippen LogP contribution in [0.3, 0.4) is 0 Å². The SMILES string of the molecule is O=C1c2ccc(Br)cc2C(=O)N1C1CCCCC1. The Labute approximate surface area is 114 Å². The topological polar surface area (TPSA) is 37.4 Å². The fraction of sp³-hybridized carbons (Fsp3) is 0.429. The van der Waals surface area contributed by atoms with E-state index in [1.54, 1.807) is 12.1 Å². The van der Waals surface area contributed by atoms with Gasteiger partial charge in [-0.05, 0) is 31.0 Å². The van der Waals surface area contributed by atoms with Gasteiger partial charge in [0.2, 0.25) is 0 Å². The van der Waals surface area contributed by atoms with E-state index in [-0.39, 0.29) is 17.9 Å².